The van der Waals surface area contributed by atoms with Crippen LogP contribution in [0.15, 0.2) is 48.5 Å². The van der Waals surface area contributed by atoms with Crippen LogP contribution in [0, 0.1) is 11.7 Å². The molecule has 2 aromatic carbocycles. The maximum absolute atomic E-state index is 14.2. The number of carbonyl (C=O) groups is 2. The summed E-state index contributed by atoms with van der Waals surface area (Å²) in [5.74, 6) is -0.476. The lowest BCUT2D eigenvalue weighted by molar-refractivity contribution is -0.134. The maximum Gasteiger partial charge on any atom is 0.236 e. The zero-order valence-corrected chi connectivity index (χ0v) is 17.7. The predicted molar refractivity (Wildman–Crippen MR) is 116 cm³/mol. The first kappa shape index (κ1) is 22.0. The van der Waals surface area contributed by atoms with Crippen LogP contribution in [0.2, 0.25) is 0 Å². The van der Waals surface area contributed by atoms with Crippen LogP contribution in [0.3, 0.4) is 0 Å². The lowest BCUT2D eigenvalue weighted by Gasteiger charge is -2.24. The fourth-order valence-corrected chi connectivity index (χ4v) is 4.02. The molecule has 0 unspecified atom stereocenters. The quantitative estimate of drug-likeness (QED) is 0.762. The number of amides is 2. The average Bonchev–Trinajstić information content (AvgIpc) is 2.89. The summed E-state index contributed by atoms with van der Waals surface area (Å²) in [6, 6.07) is 14.4. The van der Waals surface area contributed by atoms with Gasteiger partial charge in [0, 0.05) is 31.7 Å². The van der Waals surface area contributed by atoms with Crippen LogP contribution >= 0.6 is 0 Å². The molecule has 1 atom stereocenters. The molecule has 1 heterocycles. The van der Waals surface area contributed by atoms with Gasteiger partial charge in [0.25, 0.3) is 0 Å². The third-order valence-electron chi connectivity index (χ3n) is 5.51. The molecule has 0 bridgehead atoms. The molecule has 1 fully saturated rings. The fraction of sp³-hybridized carbons (Fsp3) is 0.417. The van der Waals surface area contributed by atoms with Crippen molar-refractivity contribution in [1.82, 2.24) is 15.1 Å². The fourth-order valence-electron chi connectivity index (χ4n) is 4.02. The third kappa shape index (κ3) is 5.25. The van der Waals surface area contributed by atoms with Crippen LogP contribution < -0.4 is 5.32 Å². The molecule has 0 aliphatic carbocycles. The molecule has 1 saturated heterocycles. The van der Waals surface area contributed by atoms with Crippen LogP contribution in [-0.4, -0.2) is 61.4 Å². The molecule has 5 nitrogen and oxygen atoms in total. The summed E-state index contributed by atoms with van der Waals surface area (Å²) in [4.78, 5) is 29.3. The van der Waals surface area contributed by atoms with E-state index in [4.69, 9.17) is 0 Å². The normalized spacial score (nSPS) is 17.2. The molecular formula is C24H30FN3O2. The number of rotatable bonds is 7. The summed E-state index contributed by atoms with van der Waals surface area (Å²) < 4.78 is 14.2. The first-order chi connectivity index (χ1) is 14.5. The van der Waals surface area contributed by atoms with E-state index < -0.39 is 0 Å². The van der Waals surface area contributed by atoms with Gasteiger partial charge in [-0.1, -0.05) is 49.4 Å². The summed E-state index contributed by atoms with van der Waals surface area (Å²) in [6.07, 6.45) is 1.40. The number of hydrogen-bond donors (Lipinski definition) is 1. The molecule has 2 amide bonds. The van der Waals surface area contributed by atoms with E-state index in [0.717, 1.165) is 17.5 Å². The zero-order chi connectivity index (χ0) is 21.5. The first-order valence-corrected chi connectivity index (χ1v) is 10.6. The standard InChI is InChI=1S/C24H30FN3O2/c1-3-11-27-12-13-28(23(29)16-26-2)17-20(24(27)30)15-18-7-6-8-19(14-18)21-9-4-5-10-22(21)25/h4-10,14,20,26H,3,11-13,15-17H2,1-2H3/t20-/m0/s1. The molecule has 6 heteroatoms. The van der Waals surface area contributed by atoms with Crippen LogP contribution in [0.4, 0.5) is 4.39 Å². The molecule has 0 aromatic heterocycles. The SMILES string of the molecule is CCCN1CCN(C(=O)CNC)C[C@H](Cc2cccc(-c3ccccc3F)c2)C1=O. The van der Waals surface area contributed by atoms with Crippen molar-refractivity contribution in [3.05, 3.63) is 59.9 Å². The first-order valence-electron chi connectivity index (χ1n) is 10.6. The van der Waals surface area contributed by atoms with Gasteiger partial charge in [0.1, 0.15) is 5.82 Å². The van der Waals surface area contributed by atoms with Gasteiger partial charge in [-0.3, -0.25) is 9.59 Å². The van der Waals surface area contributed by atoms with Crippen molar-refractivity contribution in [2.24, 2.45) is 5.92 Å². The zero-order valence-electron chi connectivity index (χ0n) is 17.7. The minimum Gasteiger partial charge on any atom is -0.341 e. The molecule has 0 saturated carbocycles. The van der Waals surface area contributed by atoms with Gasteiger partial charge in [-0.15, -0.1) is 0 Å². The highest BCUT2D eigenvalue weighted by Crippen LogP contribution is 2.25. The van der Waals surface area contributed by atoms with Crippen molar-refractivity contribution in [1.29, 1.82) is 0 Å². The molecule has 0 radical (unpaired) electrons. The van der Waals surface area contributed by atoms with Gasteiger partial charge in [0.05, 0.1) is 12.5 Å². The highest BCUT2D eigenvalue weighted by molar-refractivity contribution is 5.83. The van der Waals surface area contributed by atoms with Gasteiger partial charge in [-0.05, 0) is 37.1 Å². The molecule has 1 aliphatic rings. The molecule has 2 aromatic rings. The second-order valence-corrected chi connectivity index (χ2v) is 7.78. The van der Waals surface area contributed by atoms with E-state index in [9.17, 15) is 14.0 Å². The number of hydrogen-bond acceptors (Lipinski definition) is 3. The van der Waals surface area contributed by atoms with Crippen LogP contribution in [0.5, 0.6) is 0 Å². The van der Waals surface area contributed by atoms with Crippen LogP contribution in [-0.2, 0) is 16.0 Å². The number of nitrogens with zero attached hydrogens (tertiary/aromatic N) is 2. The maximum atomic E-state index is 14.2. The van der Waals surface area contributed by atoms with E-state index in [-0.39, 0.29) is 30.1 Å². The van der Waals surface area contributed by atoms with Crippen molar-refractivity contribution in [2.45, 2.75) is 19.8 Å². The van der Waals surface area contributed by atoms with Gasteiger partial charge < -0.3 is 15.1 Å². The largest absolute Gasteiger partial charge is 0.341 e. The van der Waals surface area contributed by atoms with Gasteiger partial charge in [-0.2, -0.15) is 0 Å². The van der Waals surface area contributed by atoms with E-state index in [2.05, 4.69) is 12.2 Å². The Morgan fingerprint density at radius 3 is 2.70 bits per heavy atom. The molecule has 1 aliphatic heterocycles. The van der Waals surface area contributed by atoms with Gasteiger partial charge in [-0.25, -0.2) is 4.39 Å². The minimum atomic E-state index is -0.310. The Balaban J connectivity index is 1.84. The Hall–Kier alpha value is -2.73. The van der Waals surface area contributed by atoms with Crippen LogP contribution in [0.1, 0.15) is 18.9 Å². The second-order valence-electron chi connectivity index (χ2n) is 7.78. The Kier molecular flexibility index (Phi) is 7.57. The summed E-state index contributed by atoms with van der Waals surface area (Å²) >= 11 is 0. The van der Waals surface area contributed by atoms with Gasteiger partial charge in [0.15, 0.2) is 0 Å². The van der Waals surface area contributed by atoms with Crippen LogP contribution in [0.25, 0.3) is 11.1 Å². The number of nitrogens with one attached hydrogen (secondary N) is 1. The average molecular weight is 412 g/mol. The van der Waals surface area contributed by atoms with Crippen molar-refractivity contribution in [3.63, 3.8) is 0 Å². The molecule has 160 valence electrons. The topological polar surface area (TPSA) is 52.6 Å². The lowest BCUT2D eigenvalue weighted by Crippen LogP contribution is -2.41. The Morgan fingerprint density at radius 2 is 1.97 bits per heavy atom. The summed E-state index contributed by atoms with van der Waals surface area (Å²) in [6.45, 7) is 4.53. The third-order valence-corrected chi connectivity index (χ3v) is 5.51. The Bertz CT molecular complexity index is 886. The number of likely N-dealkylation sites (N-methyl/N-ethyl adjacent to an activating group) is 1. The van der Waals surface area contributed by atoms with E-state index in [1.54, 1.807) is 24.1 Å². The van der Waals surface area contributed by atoms with E-state index >= 15 is 0 Å². The van der Waals surface area contributed by atoms with E-state index in [1.165, 1.54) is 6.07 Å². The summed E-state index contributed by atoms with van der Waals surface area (Å²) in [5.41, 5.74) is 2.30. The Labute approximate surface area is 177 Å². The molecule has 30 heavy (non-hydrogen) atoms. The smallest absolute Gasteiger partial charge is 0.236 e. The van der Waals surface area contributed by atoms with E-state index in [0.29, 0.717) is 38.2 Å². The summed E-state index contributed by atoms with van der Waals surface area (Å²) in [5, 5.41) is 2.90. The number of halogens is 1. The molecule has 0 spiro atoms. The van der Waals surface area contributed by atoms with Crippen molar-refractivity contribution in [2.75, 3.05) is 39.8 Å². The highest BCUT2D eigenvalue weighted by Gasteiger charge is 2.31. The van der Waals surface area contributed by atoms with Crippen molar-refractivity contribution < 1.29 is 14.0 Å². The summed E-state index contributed by atoms with van der Waals surface area (Å²) in [7, 11) is 1.75. The number of benzene rings is 2. The monoisotopic (exact) mass is 411 g/mol. The van der Waals surface area contributed by atoms with Crippen molar-refractivity contribution >= 4 is 11.8 Å². The molecule has 1 N–H and O–H groups in total. The lowest BCUT2D eigenvalue weighted by atomic mass is 9.94. The van der Waals surface area contributed by atoms with E-state index in [1.807, 2.05) is 35.2 Å². The van der Waals surface area contributed by atoms with Gasteiger partial charge >= 0.3 is 0 Å². The highest BCUT2D eigenvalue weighted by atomic mass is 19.1. The minimum absolute atomic E-state index is 0.00811. The molecule has 3 rings (SSSR count). The second kappa shape index (κ2) is 10.3. The number of carbonyl (C=O) groups excluding carboxylic acids is 2. The molecular weight excluding hydrogens is 381 g/mol. The van der Waals surface area contributed by atoms with Gasteiger partial charge in [0.2, 0.25) is 11.8 Å². The predicted octanol–water partition coefficient (Wildman–Crippen LogP) is 2.95. The van der Waals surface area contributed by atoms with Crippen molar-refractivity contribution in [3.8, 4) is 11.1 Å². The Morgan fingerprint density at radius 1 is 1.17 bits per heavy atom.